The largest absolute Gasteiger partial charge is 0.497 e. The van der Waals surface area contributed by atoms with Gasteiger partial charge in [-0.15, -0.1) is 0 Å². The van der Waals surface area contributed by atoms with Gasteiger partial charge in [0, 0.05) is 28.9 Å². The molecule has 2 aromatic rings. The van der Waals surface area contributed by atoms with E-state index in [-0.39, 0.29) is 23.9 Å². The van der Waals surface area contributed by atoms with Gasteiger partial charge < -0.3 is 15.0 Å². The fourth-order valence-corrected chi connectivity index (χ4v) is 3.18. The second-order valence-corrected chi connectivity index (χ2v) is 6.13. The molecule has 1 fully saturated rings. The number of rotatable bonds is 4. The minimum atomic E-state index is -0.161. The molecule has 0 aliphatic heterocycles. The van der Waals surface area contributed by atoms with E-state index in [0.29, 0.717) is 5.56 Å². The Kier molecular flexibility index (Phi) is 4.65. The van der Waals surface area contributed by atoms with Gasteiger partial charge in [-0.1, -0.05) is 19.3 Å². The number of nitrogens with one attached hydrogen (secondary N) is 2. The summed E-state index contributed by atoms with van der Waals surface area (Å²) in [6.45, 7) is 0.262. The van der Waals surface area contributed by atoms with E-state index in [1.54, 1.807) is 7.11 Å². The Morgan fingerprint density at radius 1 is 1.26 bits per heavy atom. The fourth-order valence-electron chi connectivity index (χ4n) is 3.18. The lowest BCUT2D eigenvalue weighted by Crippen LogP contribution is -2.33. The van der Waals surface area contributed by atoms with Crippen molar-refractivity contribution in [2.45, 2.75) is 38.6 Å². The summed E-state index contributed by atoms with van der Waals surface area (Å²) < 4.78 is 5.21. The first-order chi connectivity index (χ1) is 11.2. The quantitative estimate of drug-likeness (QED) is 0.911. The minimum Gasteiger partial charge on any atom is -0.497 e. The van der Waals surface area contributed by atoms with Gasteiger partial charge in [0.1, 0.15) is 5.75 Å². The highest BCUT2D eigenvalue weighted by Crippen LogP contribution is 2.23. The molecule has 5 heteroatoms. The summed E-state index contributed by atoms with van der Waals surface area (Å²) >= 11 is 0. The first-order valence-corrected chi connectivity index (χ1v) is 8.15. The number of benzene rings is 1. The fraction of sp³-hybridized carbons (Fsp3) is 0.444. The van der Waals surface area contributed by atoms with Crippen LogP contribution in [0.15, 0.2) is 29.1 Å². The lowest BCUT2D eigenvalue weighted by molar-refractivity contribution is -0.126. The molecule has 1 saturated carbocycles. The van der Waals surface area contributed by atoms with E-state index >= 15 is 0 Å². The van der Waals surface area contributed by atoms with Gasteiger partial charge in [0.05, 0.1) is 7.11 Å². The molecular weight excluding hydrogens is 292 g/mol. The standard InChI is InChI=1S/C18H22N2O3/c1-23-15-7-8-16-13(10-15)9-14(18(22)20-16)11-19-17(21)12-5-3-2-4-6-12/h7-10,12H,2-6,11H2,1H3,(H,19,21)(H,20,22). The van der Waals surface area contributed by atoms with Crippen molar-refractivity contribution in [2.24, 2.45) is 5.92 Å². The Balaban J connectivity index is 1.75. The van der Waals surface area contributed by atoms with Gasteiger partial charge in [-0.25, -0.2) is 0 Å². The number of pyridine rings is 1. The van der Waals surface area contributed by atoms with Crippen molar-refractivity contribution >= 4 is 16.8 Å². The van der Waals surface area contributed by atoms with E-state index < -0.39 is 0 Å². The molecule has 0 unspecified atom stereocenters. The Morgan fingerprint density at radius 2 is 2.04 bits per heavy atom. The first-order valence-electron chi connectivity index (χ1n) is 8.15. The number of amides is 1. The molecule has 5 nitrogen and oxygen atoms in total. The maximum absolute atomic E-state index is 12.2. The van der Waals surface area contributed by atoms with Crippen LogP contribution in [-0.4, -0.2) is 18.0 Å². The highest BCUT2D eigenvalue weighted by atomic mass is 16.5. The zero-order valence-electron chi connectivity index (χ0n) is 13.4. The molecule has 3 rings (SSSR count). The Bertz CT molecular complexity index is 760. The topological polar surface area (TPSA) is 71.2 Å². The van der Waals surface area contributed by atoms with Gasteiger partial charge in [-0.2, -0.15) is 0 Å². The molecule has 0 saturated heterocycles. The van der Waals surface area contributed by atoms with Crippen LogP contribution in [0.4, 0.5) is 0 Å². The maximum Gasteiger partial charge on any atom is 0.253 e. The molecule has 0 radical (unpaired) electrons. The van der Waals surface area contributed by atoms with Crippen molar-refractivity contribution < 1.29 is 9.53 Å². The summed E-state index contributed by atoms with van der Waals surface area (Å²) in [6.07, 6.45) is 5.37. The summed E-state index contributed by atoms with van der Waals surface area (Å²) in [5, 5.41) is 3.81. The lowest BCUT2D eigenvalue weighted by Gasteiger charge is -2.20. The van der Waals surface area contributed by atoms with Crippen LogP contribution in [0.3, 0.4) is 0 Å². The predicted molar refractivity (Wildman–Crippen MR) is 89.5 cm³/mol. The number of ether oxygens (including phenoxy) is 1. The van der Waals surface area contributed by atoms with Crippen LogP contribution < -0.4 is 15.6 Å². The van der Waals surface area contributed by atoms with Gasteiger partial charge in [0.15, 0.2) is 0 Å². The van der Waals surface area contributed by atoms with E-state index in [1.165, 1.54) is 6.42 Å². The molecular formula is C18H22N2O3. The molecule has 1 aliphatic rings. The minimum absolute atomic E-state index is 0.0647. The third-order valence-corrected chi connectivity index (χ3v) is 4.56. The third kappa shape index (κ3) is 3.55. The predicted octanol–water partition coefficient (Wildman–Crippen LogP) is 2.73. The SMILES string of the molecule is COc1ccc2[nH]c(=O)c(CNC(=O)C3CCCCC3)cc2c1. The molecule has 2 N–H and O–H groups in total. The summed E-state index contributed by atoms with van der Waals surface area (Å²) in [7, 11) is 1.61. The van der Waals surface area contributed by atoms with Gasteiger partial charge in [0.25, 0.3) is 5.56 Å². The van der Waals surface area contributed by atoms with Crippen molar-refractivity contribution in [3.8, 4) is 5.75 Å². The van der Waals surface area contributed by atoms with Gasteiger partial charge in [-0.05, 0) is 37.1 Å². The number of aromatic nitrogens is 1. The Labute approximate surface area is 135 Å². The van der Waals surface area contributed by atoms with Crippen LogP contribution in [0, 0.1) is 5.92 Å². The van der Waals surface area contributed by atoms with E-state index in [2.05, 4.69) is 10.3 Å². The number of methoxy groups -OCH3 is 1. The third-order valence-electron chi connectivity index (χ3n) is 4.56. The van der Waals surface area contributed by atoms with Crippen LogP contribution in [0.2, 0.25) is 0 Å². The second-order valence-electron chi connectivity index (χ2n) is 6.13. The Hall–Kier alpha value is -2.30. The van der Waals surface area contributed by atoms with Crippen LogP contribution >= 0.6 is 0 Å². The van der Waals surface area contributed by atoms with Crippen molar-refractivity contribution in [2.75, 3.05) is 7.11 Å². The van der Waals surface area contributed by atoms with Crippen molar-refractivity contribution in [1.82, 2.24) is 10.3 Å². The monoisotopic (exact) mass is 314 g/mol. The molecule has 1 heterocycles. The number of carbonyl (C=O) groups excluding carboxylic acids is 1. The highest BCUT2D eigenvalue weighted by Gasteiger charge is 2.20. The number of hydrogen-bond acceptors (Lipinski definition) is 3. The van der Waals surface area contributed by atoms with E-state index in [1.807, 2.05) is 24.3 Å². The van der Waals surface area contributed by atoms with Crippen molar-refractivity contribution in [1.29, 1.82) is 0 Å². The van der Waals surface area contributed by atoms with E-state index in [4.69, 9.17) is 4.74 Å². The number of aromatic amines is 1. The summed E-state index contributed by atoms with van der Waals surface area (Å²) in [4.78, 5) is 27.2. The van der Waals surface area contributed by atoms with Gasteiger partial charge >= 0.3 is 0 Å². The number of H-pyrrole nitrogens is 1. The number of carbonyl (C=O) groups is 1. The lowest BCUT2D eigenvalue weighted by atomic mass is 9.88. The van der Waals surface area contributed by atoms with Gasteiger partial charge in [-0.3, -0.25) is 9.59 Å². The first kappa shape index (κ1) is 15.6. The molecule has 0 atom stereocenters. The van der Waals surface area contributed by atoms with Crippen molar-refractivity contribution in [3.05, 3.63) is 40.2 Å². The second kappa shape index (κ2) is 6.86. The molecule has 0 bridgehead atoms. The zero-order chi connectivity index (χ0) is 16.2. The van der Waals surface area contributed by atoms with Crippen LogP contribution in [-0.2, 0) is 11.3 Å². The molecule has 1 amide bonds. The summed E-state index contributed by atoms with van der Waals surface area (Å²) in [5.74, 6) is 0.903. The van der Waals surface area contributed by atoms with Gasteiger partial charge in [0.2, 0.25) is 5.91 Å². The average Bonchev–Trinajstić information content (AvgIpc) is 2.60. The zero-order valence-corrected chi connectivity index (χ0v) is 13.4. The van der Waals surface area contributed by atoms with E-state index in [0.717, 1.165) is 42.3 Å². The molecule has 0 spiro atoms. The summed E-state index contributed by atoms with van der Waals surface area (Å²) in [5.41, 5.74) is 1.17. The molecule has 1 aromatic carbocycles. The smallest absolute Gasteiger partial charge is 0.253 e. The average molecular weight is 314 g/mol. The van der Waals surface area contributed by atoms with E-state index in [9.17, 15) is 9.59 Å². The number of hydrogen-bond donors (Lipinski definition) is 2. The molecule has 1 aromatic heterocycles. The van der Waals surface area contributed by atoms with Crippen LogP contribution in [0.25, 0.3) is 10.9 Å². The highest BCUT2D eigenvalue weighted by molar-refractivity contribution is 5.81. The van der Waals surface area contributed by atoms with Crippen LogP contribution in [0.1, 0.15) is 37.7 Å². The maximum atomic E-state index is 12.2. The Morgan fingerprint density at radius 3 is 2.78 bits per heavy atom. The molecule has 1 aliphatic carbocycles. The van der Waals surface area contributed by atoms with Crippen LogP contribution in [0.5, 0.6) is 5.75 Å². The van der Waals surface area contributed by atoms with Crippen molar-refractivity contribution in [3.63, 3.8) is 0 Å². The normalized spacial score (nSPS) is 15.5. The number of fused-ring (bicyclic) bond motifs is 1. The molecule has 23 heavy (non-hydrogen) atoms. The summed E-state index contributed by atoms with van der Waals surface area (Å²) in [6, 6.07) is 7.32. The molecule has 122 valence electrons.